The summed E-state index contributed by atoms with van der Waals surface area (Å²) in [5, 5.41) is 8.64. The molecule has 4 aromatic carbocycles. The van der Waals surface area contributed by atoms with Crippen LogP contribution < -0.4 is 9.47 Å². The number of aliphatic imine (C=N–C) groups is 1. The second kappa shape index (κ2) is 10.5. The number of nitrogens with zero attached hydrogens (tertiary/aromatic N) is 2. The number of carbonyl (C=O) groups is 2. The molecule has 0 aliphatic carbocycles. The van der Waals surface area contributed by atoms with Crippen molar-refractivity contribution in [2.45, 2.75) is 0 Å². The quantitative estimate of drug-likeness (QED) is 0.143. The van der Waals surface area contributed by atoms with Gasteiger partial charge in [0.15, 0.2) is 11.6 Å². The van der Waals surface area contributed by atoms with Gasteiger partial charge in [-0.1, -0.05) is 24.3 Å². The first kappa shape index (κ1) is 22.9. The topological polar surface area (TPSA) is 106 Å². The summed E-state index contributed by atoms with van der Waals surface area (Å²) in [5.41, 5.74) is 2.06. The van der Waals surface area contributed by atoms with Gasteiger partial charge >= 0.3 is 0 Å². The molecule has 7 nitrogen and oxygen atoms in total. The third-order valence-corrected chi connectivity index (χ3v) is 5.01. The molecule has 0 spiro atoms. The first-order valence-electron chi connectivity index (χ1n) is 10.4. The van der Waals surface area contributed by atoms with Crippen molar-refractivity contribution in [1.82, 2.24) is 0 Å². The average molecular weight is 460 g/mol. The Morgan fingerprint density at radius 1 is 0.657 bits per heavy atom. The van der Waals surface area contributed by atoms with Crippen molar-refractivity contribution in [2.24, 2.45) is 4.99 Å². The van der Waals surface area contributed by atoms with E-state index in [2.05, 4.69) is 4.99 Å². The summed E-state index contributed by atoms with van der Waals surface area (Å²) in [6.07, 6.45) is 3.04. The Hall–Kier alpha value is -5.31. The second-order valence-corrected chi connectivity index (χ2v) is 7.28. The fourth-order valence-corrected chi connectivity index (χ4v) is 3.34. The van der Waals surface area contributed by atoms with Gasteiger partial charge in [0.1, 0.15) is 17.2 Å². The van der Waals surface area contributed by atoms with Crippen molar-refractivity contribution in [1.29, 1.82) is 5.26 Å². The summed E-state index contributed by atoms with van der Waals surface area (Å²) in [5.74, 6) is 0.891. The molecule has 0 unspecified atom stereocenters. The zero-order valence-electron chi connectivity index (χ0n) is 18.2. The van der Waals surface area contributed by atoms with E-state index in [9.17, 15) is 14.4 Å². The molecular weight excluding hydrogens is 444 g/mol. The van der Waals surface area contributed by atoms with Gasteiger partial charge in [0.05, 0.1) is 5.69 Å². The number of ketones is 2. The van der Waals surface area contributed by atoms with Gasteiger partial charge in [-0.2, -0.15) is 4.99 Å². The highest BCUT2D eigenvalue weighted by Gasteiger charge is 2.12. The standard InChI is InChI=1S/C28H16N2O5/c29-17-34-26-6-2-4-22(16-26)28(33)20-9-13-25(14-10-20)35-24-11-7-19(8-12-24)27(32)21-3-1-5-23(15-21)30-18-31/h1-16H. The summed E-state index contributed by atoms with van der Waals surface area (Å²) in [6, 6.07) is 26.0. The molecule has 4 rings (SSSR count). The first-order chi connectivity index (χ1) is 17.1. The third-order valence-electron chi connectivity index (χ3n) is 5.01. The molecule has 0 aliphatic heterocycles. The third kappa shape index (κ3) is 5.55. The molecule has 0 bridgehead atoms. The molecular formula is C28H16N2O5. The van der Waals surface area contributed by atoms with Gasteiger partial charge in [-0.25, -0.2) is 4.79 Å². The Morgan fingerprint density at radius 2 is 1.20 bits per heavy atom. The lowest BCUT2D eigenvalue weighted by Crippen LogP contribution is -2.01. The second-order valence-electron chi connectivity index (χ2n) is 7.28. The Kier molecular flexibility index (Phi) is 6.89. The predicted octanol–water partition coefficient (Wildman–Crippen LogP) is 5.77. The molecule has 0 N–H and O–H groups in total. The van der Waals surface area contributed by atoms with Crippen molar-refractivity contribution >= 4 is 23.3 Å². The molecule has 0 aromatic heterocycles. The summed E-state index contributed by atoms with van der Waals surface area (Å²) in [7, 11) is 0. The van der Waals surface area contributed by atoms with E-state index >= 15 is 0 Å². The number of isocyanates is 1. The highest BCUT2D eigenvalue weighted by atomic mass is 16.5. The first-order valence-corrected chi connectivity index (χ1v) is 10.4. The fraction of sp³-hybridized carbons (Fsp3) is 0. The van der Waals surface area contributed by atoms with Gasteiger partial charge in [-0.3, -0.25) is 9.59 Å². The number of carbonyl (C=O) groups excluding carboxylic acids is 3. The van der Waals surface area contributed by atoms with Crippen molar-refractivity contribution in [3.05, 3.63) is 119 Å². The van der Waals surface area contributed by atoms with Crippen molar-refractivity contribution in [3.8, 4) is 23.5 Å². The van der Waals surface area contributed by atoms with Gasteiger partial charge in [-0.05, 0) is 72.8 Å². The molecule has 0 amide bonds. The monoisotopic (exact) mass is 460 g/mol. The maximum atomic E-state index is 12.7. The Bertz CT molecular complexity index is 1480. The molecule has 0 atom stereocenters. The van der Waals surface area contributed by atoms with Crippen LogP contribution in [0.3, 0.4) is 0 Å². The highest BCUT2D eigenvalue weighted by Crippen LogP contribution is 2.25. The van der Waals surface area contributed by atoms with Crippen LogP contribution in [0.15, 0.2) is 102 Å². The zero-order chi connectivity index (χ0) is 24.6. The number of rotatable bonds is 8. The summed E-state index contributed by atoms with van der Waals surface area (Å²) in [4.78, 5) is 39.4. The lowest BCUT2D eigenvalue weighted by Gasteiger charge is -2.08. The number of nitriles is 1. The van der Waals surface area contributed by atoms with E-state index in [1.54, 1.807) is 91.2 Å². The van der Waals surface area contributed by atoms with Gasteiger partial charge < -0.3 is 9.47 Å². The number of hydrogen-bond donors (Lipinski definition) is 0. The van der Waals surface area contributed by atoms with E-state index in [0.29, 0.717) is 45.2 Å². The maximum Gasteiger partial charge on any atom is 0.292 e. The molecule has 168 valence electrons. The SMILES string of the molecule is N#COc1cccc(C(=O)c2ccc(Oc3ccc(C(=O)c4cccc(N=C=O)c4)cc3)cc2)c1. The van der Waals surface area contributed by atoms with Crippen LogP contribution >= 0.6 is 0 Å². The molecule has 0 saturated heterocycles. The molecule has 0 heterocycles. The molecule has 0 saturated carbocycles. The van der Waals surface area contributed by atoms with E-state index in [4.69, 9.17) is 14.7 Å². The predicted molar refractivity (Wildman–Crippen MR) is 127 cm³/mol. The van der Waals surface area contributed by atoms with E-state index in [-0.39, 0.29) is 11.6 Å². The number of hydrogen-bond acceptors (Lipinski definition) is 7. The van der Waals surface area contributed by atoms with E-state index in [1.807, 2.05) is 0 Å². The normalized spacial score (nSPS) is 9.91. The molecule has 7 heteroatoms. The molecule has 0 fully saturated rings. The van der Waals surface area contributed by atoms with Crippen molar-refractivity contribution < 1.29 is 23.9 Å². The Morgan fingerprint density at radius 3 is 1.74 bits per heavy atom. The summed E-state index contributed by atoms with van der Waals surface area (Å²) >= 11 is 0. The molecule has 0 radical (unpaired) electrons. The van der Waals surface area contributed by atoms with E-state index in [0.717, 1.165) is 0 Å². The Balaban J connectivity index is 1.44. The van der Waals surface area contributed by atoms with Crippen LogP contribution in [0.4, 0.5) is 5.69 Å². The van der Waals surface area contributed by atoms with Gasteiger partial charge in [0, 0.05) is 22.3 Å². The molecule has 4 aromatic rings. The summed E-state index contributed by atoms with van der Waals surface area (Å²) < 4.78 is 10.6. The number of benzene rings is 4. The smallest absolute Gasteiger partial charge is 0.292 e. The van der Waals surface area contributed by atoms with E-state index in [1.165, 1.54) is 18.2 Å². The zero-order valence-corrected chi connectivity index (χ0v) is 18.2. The minimum absolute atomic E-state index is 0.216. The van der Waals surface area contributed by atoms with E-state index < -0.39 is 0 Å². The average Bonchev–Trinajstić information content (AvgIpc) is 2.89. The van der Waals surface area contributed by atoms with Crippen LogP contribution in [0.5, 0.6) is 17.2 Å². The Labute approximate surface area is 200 Å². The van der Waals surface area contributed by atoms with Crippen molar-refractivity contribution in [2.75, 3.05) is 0 Å². The van der Waals surface area contributed by atoms with Crippen LogP contribution in [-0.2, 0) is 4.79 Å². The van der Waals surface area contributed by atoms with Crippen LogP contribution in [0.1, 0.15) is 31.8 Å². The molecule has 35 heavy (non-hydrogen) atoms. The van der Waals surface area contributed by atoms with Gasteiger partial charge in [0.2, 0.25) is 6.08 Å². The van der Waals surface area contributed by atoms with Crippen LogP contribution in [0.2, 0.25) is 0 Å². The van der Waals surface area contributed by atoms with Crippen LogP contribution in [-0.4, -0.2) is 17.6 Å². The van der Waals surface area contributed by atoms with Crippen molar-refractivity contribution in [3.63, 3.8) is 0 Å². The summed E-state index contributed by atoms with van der Waals surface area (Å²) in [6.45, 7) is 0. The highest BCUT2D eigenvalue weighted by molar-refractivity contribution is 6.10. The number of ether oxygens (including phenoxy) is 2. The minimum atomic E-state index is -0.217. The fourth-order valence-electron chi connectivity index (χ4n) is 3.34. The molecule has 0 aliphatic rings. The lowest BCUT2D eigenvalue weighted by atomic mass is 10.0. The van der Waals surface area contributed by atoms with Gasteiger partial charge in [-0.15, -0.1) is 5.26 Å². The maximum absolute atomic E-state index is 12.7. The minimum Gasteiger partial charge on any atom is -0.457 e. The van der Waals surface area contributed by atoms with Gasteiger partial charge in [0.25, 0.3) is 6.26 Å². The van der Waals surface area contributed by atoms with Crippen LogP contribution in [0.25, 0.3) is 0 Å². The lowest BCUT2D eigenvalue weighted by molar-refractivity contribution is 0.103. The largest absolute Gasteiger partial charge is 0.457 e. The van der Waals surface area contributed by atoms with Crippen LogP contribution in [0, 0.1) is 11.5 Å².